The maximum absolute atomic E-state index is 4.61. The van der Waals surface area contributed by atoms with Crippen LogP contribution in [0.3, 0.4) is 0 Å². The number of piperidine rings is 1. The minimum absolute atomic E-state index is 0.681. The first-order chi connectivity index (χ1) is 8.92. The molecule has 3 rings (SSSR count). The summed E-state index contributed by atoms with van der Waals surface area (Å²) < 4.78 is 2.25. The molecule has 2 aliphatic rings. The van der Waals surface area contributed by atoms with E-state index in [0.29, 0.717) is 6.04 Å². The second-order valence-electron chi connectivity index (χ2n) is 6.02. The molecule has 3 nitrogen and oxygen atoms in total. The van der Waals surface area contributed by atoms with Gasteiger partial charge in [0.25, 0.3) is 0 Å². The lowest BCUT2D eigenvalue weighted by Crippen LogP contribution is -2.28. The van der Waals surface area contributed by atoms with Gasteiger partial charge in [0, 0.05) is 6.20 Å². The predicted octanol–water partition coefficient (Wildman–Crippen LogP) is 2.93. The van der Waals surface area contributed by atoms with E-state index in [4.69, 9.17) is 0 Å². The van der Waals surface area contributed by atoms with Gasteiger partial charge in [-0.25, -0.2) is 0 Å². The Kier molecular flexibility index (Phi) is 3.99. The van der Waals surface area contributed by atoms with E-state index >= 15 is 0 Å². The van der Waals surface area contributed by atoms with Crippen LogP contribution in [0.25, 0.3) is 0 Å². The number of hydrogen-bond acceptors (Lipinski definition) is 2. The van der Waals surface area contributed by atoms with Crippen LogP contribution in [0.2, 0.25) is 0 Å². The van der Waals surface area contributed by atoms with Gasteiger partial charge < -0.3 is 5.32 Å². The van der Waals surface area contributed by atoms with Gasteiger partial charge >= 0.3 is 0 Å². The Morgan fingerprint density at radius 3 is 2.67 bits per heavy atom. The molecule has 0 aromatic carbocycles. The van der Waals surface area contributed by atoms with Crippen molar-refractivity contribution in [1.29, 1.82) is 0 Å². The fourth-order valence-electron chi connectivity index (χ4n) is 3.45. The van der Waals surface area contributed by atoms with Gasteiger partial charge in [-0.2, -0.15) is 5.10 Å². The highest BCUT2D eigenvalue weighted by molar-refractivity contribution is 5.06. The number of hydrogen-bond donors (Lipinski definition) is 1. The lowest BCUT2D eigenvalue weighted by molar-refractivity contribution is 0.329. The standard InChI is InChI=1S/C15H25N3/c1-2-4-15(5-3-1)18-12-14(11-17-18)10-13-6-8-16-9-7-13/h11-13,15-16H,1-10H2. The SMILES string of the molecule is c1nn(C2CCCCC2)cc1CC1CCNCC1. The van der Waals surface area contributed by atoms with Crippen molar-refractivity contribution in [3.63, 3.8) is 0 Å². The van der Waals surface area contributed by atoms with Crippen molar-refractivity contribution in [1.82, 2.24) is 15.1 Å². The van der Waals surface area contributed by atoms with Crippen LogP contribution in [0.5, 0.6) is 0 Å². The van der Waals surface area contributed by atoms with Gasteiger partial charge in [0.1, 0.15) is 0 Å². The van der Waals surface area contributed by atoms with E-state index < -0.39 is 0 Å². The molecule has 0 amide bonds. The maximum Gasteiger partial charge on any atom is 0.0521 e. The summed E-state index contributed by atoms with van der Waals surface area (Å²) in [6.45, 7) is 2.39. The molecule has 2 heterocycles. The van der Waals surface area contributed by atoms with E-state index in [-0.39, 0.29) is 0 Å². The zero-order valence-electron chi connectivity index (χ0n) is 11.3. The fraction of sp³-hybridized carbons (Fsp3) is 0.800. The summed E-state index contributed by atoms with van der Waals surface area (Å²) in [6, 6.07) is 0.681. The zero-order chi connectivity index (χ0) is 12.2. The zero-order valence-corrected chi connectivity index (χ0v) is 11.3. The molecule has 0 radical (unpaired) electrons. The monoisotopic (exact) mass is 247 g/mol. The fourth-order valence-corrected chi connectivity index (χ4v) is 3.45. The third kappa shape index (κ3) is 2.94. The second-order valence-corrected chi connectivity index (χ2v) is 6.02. The molecule has 2 fully saturated rings. The van der Waals surface area contributed by atoms with Crippen molar-refractivity contribution >= 4 is 0 Å². The topological polar surface area (TPSA) is 29.9 Å². The lowest BCUT2D eigenvalue weighted by Gasteiger charge is -2.22. The van der Waals surface area contributed by atoms with Gasteiger partial charge in [0.05, 0.1) is 12.2 Å². The molecule has 3 heteroatoms. The second kappa shape index (κ2) is 5.87. The number of aromatic nitrogens is 2. The van der Waals surface area contributed by atoms with Crippen molar-refractivity contribution in [3.05, 3.63) is 18.0 Å². The van der Waals surface area contributed by atoms with Crippen molar-refractivity contribution in [2.45, 2.75) is 57.4 Å². The summed E-state index contributed by atoms with van der Waals surface area (Å²) in [4.78, 5) is 0. The minimum Gasteiger partial charge on any atom is -0.317 e. The number of rotatable bonds is 3. The Morgan fingerprint density at radius 1 is 1.11 bits per heavy atom. The normalized spacial score (nSPS) is 23.3. The van der Waals surface area contributed by atoms with Gasteiger partial charge in [0.2, 0.25) is 0 Å². The third-order valence-electron chi connectivity index (χ3n) is 4.59. The molecule has 18 heavy (non-hydrogen) atoms. The Hall–Kier alpha value is -0.830. The summed E-state index contributed by atoms with van der Waals surface area (Å²) >= 11 is 0. The lowest BCUT2D eigenvalue weighted by atomic mass is 9.92. The molecule has 1 aliphatic carbocycles. The number of nitrogens with one attached hydrogen (secondary N) is 1. The van der Waals surface area contributed by atoms with Crippen LogP contribution in [0.1, 0.15) is 56.6 Å². The Morgan fingerprint density at radius 2 is 1.89 bits per heavy atom. The molecule has 0 atom stereocenters. The van der Waals surface area contributed by atoms with Crippen molar-refractivity contribution < 1.29 is 0 Å². The first-order valence-corrected chi connectivity index (χ1v) is 7.65. The van der Waals surface area contributed by atoms with Crippen molar-refractivity contribution in [3.8, 4) is 0 Å². The van der Waals surface area contributed by atoms with Gasteiger partial charge in [-0.3, -0.25) is 4.68 Å². The van der Waals surface area contributed by atoms with Crippen molar-refractivity contribution in [2.24, 2.45) is 5.92 Å². The molecule has 0 unspecified atom stereocenters. The summed E-state index contributed by atoms with van der Waals surface area (Å²) in [7, 11) is 0. The maximum atomic E-state index is 4.61. The highest BCUT2D eigenvalue weighted by Gasteiger charge is 2.18. The summed E-state index contributed by atoms with van der Waals surface area (Å²) in [5, 5.41) is 8.04. The molecule has 1 aromatic rings. The first-order valence-electron chi connectivity index (χ1n) is 7.65. The Balaban J connectivity index is 1.58. The van der Waals surface area contributed by atoms with Crippen LogP contribution < -0.4 is 5.32 Å². The molecule has 1 N–H and O–H groups in total. The molecule has 0 spiro atoms. The quantitative estimate of drug-likeness (QED) is 0.890. The van der Waals surface area contributed by atoms with Gasteiger partial charge in [-0.05, 0) is 56.7 Å². The van der Waals surface area contributed by atoms with Crippen molar-refractivity contribution in [2.75, 3.05) is 13.1 Å². The van der Waals surface area contributed by atoms with Gasteiger partial charge in [-0.15, -0.1) is 0 Å². The largest absolute Gasteiger partial charge is 0.317 e. The molecule has 1 saturated heterocycles. The summed E-state index contributed by atoms with van der Waals surface area (Å²) in [5.74, 6) is 0.871. The third-order valence-corrected chi connectivity index (χ3v) is 4.59. The molecule has 1 saturated carbocycles. The van der Waals surface area contributed by atoms with E-state index in [1.807, 2.05) is 0 Å². The smallest absolute Gasteiger partial charge is 0.0521 e. The molecule has 100 valence electrons. The van der Waals surface area contributed by atoms with E-state index in [0.717, 1.165) is 5.92 Å². The van der Waals surface area contributed by atoms with E-state index in [1.54, 1.807) is 0 Å². The Labute approximate surface area is 110 Å². The average Bonchev–Trinajstić information content (AvgIpc) is 2.89. The van der Waals surface area contributed by atoms with E-state index in [9.17, 15) is 0 Å². The van der Waals surface area contributed by atoms with Crippen LogP contribution in [0.4, 0.5) is 0 Å². The predicted molar refractivity (Wildman–Crippen MR) is 73.6 cm³/mol. The number of nitrogens with zero attached hydrogens (tertiary/aromatic N) is 2. The van der Waals surface area contributed by atoms with Gasteiger partial charge in [-0.1, -0.05) is 19.3 Å². The van der Waals surface area contributed by atoms with Crippen LogP contribution in [-0.4, -0.2) is 22.9 Å². The summed E-state index contributed by atoms with van der Waals surface area (Å²) in [5.41, 5.74) is 1.45. The Bertz CT molecular complexity index is 360. The highest BCUT2D eigenvalue weighted by Crippen LogP contribution is 2.28. The molecular formula is C15H25N3. The molecule has 1 aliphatic heterocycles. The van der Waals surface area contributed by atoms with Crippen LogP contribution in [-0.2, 0) is 6.42 Å². The van der Waals surface area contributed by atoms with E-state index in [2.05, 4.69) is 27.5 Å². The highest BCUT2D eigenvalue weighted by atomic mass is 15.3. The van der Waals surface area contributed by atoms with E-state index in [1.165, 1.54) is 70.0 Å². The van der Waals surface area contributed by atoms with Gasteiger partial charge in [0.15, 0.2) is 0 Å². The molecule has 1 aromatic heterocycles. The van der Waals surface area contributed by atoms with Crippen LogP contribution in [0.15, 0.2) is 12.4 Å². The molecular weight excluding hydrogens is 222 g/mol. The average molecular weight is 247 g/mol. The van der Waals surface area contributed by atoms with Crippen LogP contribution >= 0.6 is 0 Å². The minimum atomic E-state index is 0.681. The first kappa shape index (κ1) is 12.2. The van der Waals surface area contributed by atoms with Crippen LogP contribution in [0, 0.1) is 5.92 Å². The molecule has 0 bridgehead atoms. The summed E-state index contributed by atoms with van der Waals surface area (Å²) in [6.07, 6.45) is 15.2.